The van der Waals surface area contributed by atoms with Crippen molar-refractivity contribution in [2.75, 3.05) is 0 Å². The van der Waals surface area contributed by atoms with E-state index in [9.17, 15) is 10.1 Å². The predicted molar refractivity (Wildman–Crippen MR) is 170 cm³/mol. The van der Waals surface area contributed by atoms with E-state index >= 15 is 0 Å². The zero-order chi connectivity index (χ0) is 26.6. The van der Waals surface area contributed by atoms with Crippen molar-refractivity contribution in [3.05, 3.63) is 99.1 Å². The van der Waals surface area contributed by atoms with Crippen LogP contribution in [0.25, 0.3) is 10.9 Å². The van der Waals surface area contributed by atoms with E-state index in [1.807, 2.05) is 48.5 Å². The smallest absolute Gasteiger partial charge is 0.282 e. The summed E-state index contributed by atoms with van der Waals surface area (Å²) in [5, 5.41) is 14.6. The second kappa shape index (κ2) is 12.3. The fraction of sp³-hybridized carbons (Fsp3) is 0.241. The zero-order valence-electron chi connectivity index (χ0n) is 20.3. The average molecular weight is 793 g/mol. The van der Waals surface area contributed by atoms with Gasteiger partial charge in [-0.05, 0) is 100.0 Å². The molecule has 0 bridgehead atoms. The van der Waals surface area contributed by atoms with Gasteiger partial charge in [0.05, 0.1) is 35.9 Å². The Bertz CT molecular complexity index is 1620. The molecule has 3 aromatic carbocycles. The molecule has 1 fully saturated rings. The molecule has 0 aliphatic heterocycles. The highest BCUT2D eigenvalue weighted by atomic mass is 127. The fourth-order valence-electron chi connectivity index (χ4n) is 4.72. The molecule has 0 N–H and O–H groups in total. The van der Waals surface area contributed by atoms with E-state index in [1.165, 1.54) is 11.1 Å². The second-order valence-electron chi connectivity index (χ2n) is 9.20. The van der Waals surface area contributed by atoms with Crippen molar-refractivity contribution in [1.29, 1.82) is 5.26 Å². The van der Waals surface area contributed by atoms with Gasteiger partial charge in [-0.15, -0.1) is 0 Å². The Morgan fingerprint density at radius 3 is 2.58 bits per heavy atom. The molecule has 0 unspecified atom stereocenters. The summed E-state index contributed by atoms with van der Waals surface area (Å²) in [7, 11) is 0. The maximum Gasteiger partial charge on any atom is 0.282 e. The third kappa shape index (κ3) is 5.97. The Hall–Kier alpha value is -2.30. The number of fused-ring (bicyclic) bond motifs is 1. The quantitative estimate of drug-likeness (QED) is 0.148. The standard InChI is InChI=1S/C29H23BrI2N4O2/c30-22-10-11-26-23(14-22)29(37)36(28(35-26)19-6-2-1-3-7-19)34-16-18-12-24(31)27(25(32)13-18)38-17-21-9-5-4-8-20(21)15-33/h4-5,8-14,16,19H,1-3,6-7,17H2. The minimum absolute atomic E-state index is 0.159. The number of aromatic nitrogens is 2. The number of hydrogen-bond acceptors (Lipinski definition) is 5. The van der Waals surface area contributed by atoms with Crippen LogP contribution in [0.2, 0.25) is 0 Å². The molecule has 1 saturated carbocycles. The van der Waals surface area contributed by atoms with Crippen LogP contribution in [0.1, 0.15) is 60.5 Å². The Labute approximate surface area is 256 Å². The lowest BCUT2D eigenvalue weighted by Gasteiger charge is -2.22. The highest BCUT2D eigenvalue weighted by Gasteiger charge is 2.22. The number of halogens is 3. The molecule has 1 aromatic heterocycles. The van der Waals surface area contributed by atoms with Crippen LogP contribution in [0.4, 0.5) is 0 Å². The summed E-state index contributed by atoms with van der Waals surface area (Å²) < 4.78 is 10.3. The van der Waals surface area contributed by atoms with Crippen LogP contribution in [-0.4, -0.2) is 15.9 Å². The lowest BCUT2D eigenvalue weighted by atomic mass is 9.88. The van der Waals surface area contributed by atoms with Crippen molar-refractivity contribution in [2.45, 2.75) is 44.6 Å². The van der Waals surface area contributed by atoms with Crippen molar-refractivity contribution >= 4 is 78.2 Å². The Kier molecular flexibility index (Phi) is 8.80. The summed E-state index contributed by atoms with van der Waals surface area (Å²) in [4.78, 5) is 18.5. The summed E-state index contributed by atoms with van der Waals surface area (Å²) in [6, 6.07) is 19.2. The third-order valence-corrected chi connectivity index (χ3v) is 8.75. The van der Waals surface area contributed by atoms with Crippen molar-refractivity contribution < 1.29 is 4.74 Å². The third-order valence-electron chi connectivity index (χ3n) is 6.66. The number of benzene rings is 3. The molecule has 0 saturated heterocycles. The number of rotatable bonds is 6. The van der Waals surface area contributed by atoms with Gasteiger partial charge >= 0.3 is 0 Å². The number of hydrogen-bond donors (Lipinski definition) is 0. The molecule has 5 rings (SSSR count). The first-order chi connectivity index (χ1) is 18.4. The first-order valence-electron chi connectivity index (χ1n) is 12.3. The van der Waals surface area contributed by atoms with E-state index in [2.05, 4.69) is 72.3 Å². The van der Waals surface area contributed by atoms with Crippen LogP contribution < -0.4 is 10.3 Å². The molecule has 1 heterocycles. The van der Waals surface area contributed by atoms with Gasteiger partial charge in [-0.3, -0.25) is 4.79 Å². The molecule has 192 valence electrons. The van der Waals surface area contributed by atoms with Crippen LogP contribution in [0.15, 0.2) is 69.0 Å². The molecule has 9 heteroatoms. The van der Waals surface area contributed by atoms with E-state index < -0.39 is 0 Å². The molecule has 0 amide bonds. The van der Waals surface area contributed by atoms with E-state index in [0.29, 0.717) is 23.1 Å². The molecular weight excluding hydrogens is 770 g/mol. The van der Waals surface area contributed by atoms with Crippen LogP contribution in [0, 0.1) is 18.5 Å². The minimum atomic E-state index is -0.159. The van der Waals surface area contributed by atoms with E-state index in [1.54, 1.807) is 12.3 Å². The fourth-order valence-corrected chi connectivity index (χ4v) is 7.21. The largest absolute Gasteiger partial charge is 0.487 e. The lowest BCUT2D eigenvalue weighted by molar-refractivity contribution is 0.301. The van der Waals surface area contributed by atoms with Crippen molar-refractivity contribution in [3.8, 4) is 11.8 Å². The van der Waals surface area contributed by atoms with Gasteiger partial charge in [0.2, 0.25) is 0 Å². The van der Waals surface area contributed by atoms with Crippen LogP contribution in [-0.2, 0) is 6.61 Å². The van der Waals surface area contributed by atoms with Crippen molar-refractivity contribution in [2.24, 2.45) is 5.10 Å². The molecule has 38 heavy (non-hydrogen) atoms. The molecule has 4 aromatic rings. The number of nitrogens with zero attached hydrogens (tertiary/aromatic N) is 4. The van der Waals surface area contributed by atoms with Crippen LogP contribution in [0.5, 0.6) is 5.75 Å². The first kappa shape index (κ1) is 27.3. The van der Waals surface area contributed by atoms with Crippen molar-refractivity contribution in [3.63, 3.8) is 0 Å². The van der Waals surface area contributed by atoms with Crippen LogP contribution >= 0.6 is 61.1 Å². The van der Waals surface area contributed by atoms with Gasteiger partial charge in [0, 0.05) is 16.0 Å². The lowest BCUT2D eigenvalue weighted by Crippen LogP contribution is -2.25. The molecular formula is C29H23BrI2N4O2. The number of nitriles is 1. The molecule has 0 atom stereocenters. The van der Waals surface area contributed by atoms with Gasteiger partial charge in [-0.1, -0.05) is 53.4 Å². The predicted octanol–water partition coefficient (Wildman–Crippen LogP) is 7.75. The first-order valence-corrected chi connectivity index (χ1v) is 15.3. The summed E-state index contributed by atoms with van der Waals surface area (Å²) >= 11 is 7.97. The van der Waals surface area contributed by atoms with Gasteiger partial charge in [-0.2, -0.15) is 15.0 Å². The summed E-state index contributed by atoms with van der Waals surface area (Å²) in [6.07, 6.45) is 7.25. The van der Waals surface area contributed by atoms with Gasteiger partial charge < -0.3 is 4.74 Å². The van der Waals surface area contributed by atoms with E-state index in [4.69, 9.17) is 9.72 Å². The van der Waals surface area contributed by atoms with Gasteiger partial charge in [0.25, 0.3) is 5.56 Å². The summed E-state index contributed by atoms with van der Waals surface area (Å²) in [5.74, 6) is 1.71. The molecule has 0 radical (unpaired) electrons. The van der Waals surface area contributed by atoms with Gasteiger partial charge in [-0.25, -0.2) is 4.98 Å². The van der Waals surface area contributed by atoms with Gasteiger partial charge in [0.15, 0.2) is 0 Å². The Balaban J connectivity index is 1.47. The highest BCUT2D eigenvalue weighted by molar-refractivity contribution is 14.1. The zero-order valence-corrected chi connectivity index (χ0v) is 26.2. The maximum absolute atomic E-state index is 13.6. The Morgan fingerprint density at radius 1 is 1.11 bits per heavy atom. The maximum atomic E-state index is 13.6. The second-order valence-corrected chi connectivity index (χ2v) is 12.4. The molecule has 0 spiro atoms. The normalized spacial score (nSPS) is 14.2. The molecule has 6 nitrogen and oxygen atoms in total. The summed E-state index contributed by atoms with van der Waals surface area (Å²) in [5.41, 5.74) is 2.86. The highest BCUT2D eigenvalue weighted by Crippen LogP contribution is 2.32. The minimum Gasteiger partial charge on any atom is -0.487 e. The van der Waals surface area contributed by atoms with Crippen LogP contribution in [0.3, 0.4) is 0 Å². The Morgan fingerprint density at radius 2 is 1.84 bits per heavy atom. The van der Waals surface area contributed by atoms with E-state index in [0.717, 1.165) is 60.0 Å². The molecule has 1 aliphatic rings. The topological polar surface area (TPSA) is 80.3 Å². The van der Waals surface area contributed by atoms with Crippen molar-refractivity contribution in [1.82, 2.24) is 9.66 Å². The SMILES string of the molecule is N#Cc1ccccc1COc1c(I)cc(C=Nn2c(C3CCCCC3)nc3ccc(Br)cc3c2=O)cc1I. The number of ether oxygens (including phenoxy) is 1. The van der Waals surface area contributed by atoms with Gasteiger partial charge in [0.1, 0.15) is 18.2 Å². The molecule has 1 aliphatic carbocycles. The average Bonchev–Trinajstić information content (AvgIpc) is 2.93. The monoisotopic (exact) mass is 792 g/mol. The van der Waals surface area contributed by atoms with E-state index in [-0.39, 0.29) is 11.5 Å². The summed E-state index contributed by atoms with van der Waals surface area (Å²) in [6.45, 7) is 0.307.